The molecule has 1 aliphatic rings. The summed E-state index contributed by atoms with van der Waals surface area (Å²) >= 11 is 3.49. The number of nitrogens with zero attached hydrogens (tertiary/aromatic N) is 4. The van der Waals surface area contributed by atoms with Crippen molar-refractivity contribution in [1.29, 1.82) is 0 Å². The van der Waals surface area contributed by atoms with E-state index in [4.69, 9.17) is 0 Å². The molecule has 5 nitrogen and oxygen atoms in total. The highest BCUT2D eigenvalue weighted by molar-refractivity contribution is 9.09. The fourth-order valence-electron chi connectivity index (χ4n) is 2.20. The van der Waals surface area contributed by atoms with E-state index in [-0.39, 0.29) is 10.7 Å². The summed E-state index contributed by atoms with van der Waals surface area (Å²) in [6.07, 6.45) is 3.78. The molecule has 0 spiro atoms. The summed E-state index contributed by atoms with van der Waals surface area (Å²) < 4.78 is 1.77. The molecular weight excluding hydrogens is 308 g/mol. The fraction of sp³-hybridized carbons (Fsp3) is 0.308. The first kappa shape index (κ1) is 12.3. The third-order valence-electron chi connectivity index (χ3n) is 3.14. The number of anilines is 1. The molecule has 0 bridgehead atoms. The number of alkyl halides is 1. The van der Waals surface area contributed by atoms with Gasteiger partial charge in [-0.05, 0) is 17.7 Å². The van der Waals surface area contributed by atoms with Gasteiger partial charge in [-0.1, -0.05) is 28.1 Å². The Hall–Kier alpha value is -1.69. The van der Waals surface area contributed by atoms with Gasteiger partial charge in [0.2, 0.25) is 5.91 Å². The minimum Gasteiger partial charge on any atom is -0.311 e. The minimum atomic E-state index is 0.172. The van der Waals surface area contributed by atoms with Crippen LogP contribution < -0.4 is 4.90 Å². The molecule has 19 heavy (non-hydrogen) atoms. The third kappa shape index (κ3) is 2.68. The molecule has 1 aliphatic heterocycles. The maximum absolute atomic E-state index is 11.8. The number of carbonyl (C=O) groups is 1. The van der Waals surface area contributed by atoms with Crippen LogP contribution in [0, 0.1) is 0 Å². The van der Waals surface area contributed by atoms with Crippen LogP contribution in [-0.4, -0.2) is 32.0 Å². The highest BCUT2D eigenvalue weighted by Gasteiger charge is 2.28. The van der Waals surface area contributed by atoms with Crippen LogP contribution in [0.4, 0.5) is 5.69 Å². The average Bonchev–Trinajstić information content (AvgIpc) is 3.00. The highest BCUT2D eigenvalue weighted by Crippen LogP contribution is 2.25. The van der Waals surface area contributed by atoms with Gasteiger partial charge in [0.1, 0.15) is 12.7 Å². The number of carbonyl (C=O) groups excluding carboxylic acids is 1. The van der Waals surface area contributed by atoms with Gasteiger partial charge in [-0.25, -0.2) is 9.67 Å². The third-order valence-corrected chi connectivity index (χ3v) is 3.75. The zero-order valence-electron chi connectivity index (χ0n) is 10.2. The molecule has 1 amide bonds. The monoisotopic (exact) mass is 320 g/mol. The van der Waals surface area contributed by atoms with Crippen LogP contribution in [0.2, 0.25) is 0 Å². The summed E-state index contributed by atoms with van der Waals surface area (Å²) in [6, 6.07) is 8.00. The van der Waals surface area contributed by atoms with E-state index in [1.54, 1.807) is 11.0 Å². The largest absolute Gasteiger partial charge is 0.311 e. The van der Waals surface area contributed by atoms with Crippen molar-refractivity contribution in [2.75, 3.05) is 11.4 Å². The molecule has 0 N–H and O–H groups in total. The zero-order valence-corrected chi connectivity index (χ0v) is 11.8. The second-order valence-corrected chi connectivity index (χ2v) is 5.86. The Morgan fingerprint density at radius 1 is 1.32 bits per heavy atom. The van der Waals surface area contributed by atoms with Gasteiger partial charge in [0.25, 0.3) is 0 Å². The van der Waals surface area contributed by atoms with Crippen molar-refractivity contribution in [3.8, 4) is 0 Å². The highest BCUT2D eigenvalue weighted by atomic mass is 79.9. The lowest BCUT2D eigenvalue weighted by molar-refractivity contribution is -0.117. The smallest absolute Gasteiger partial charge is 0.228 e. The molecular formula is C13H13BrN4O. The van der Waals surface area contributed by atoms with Crippen molar-refractivity contribution < 1.29 is 4.79 Å². The molecule has 3 rings (SSSR count). The molecule has 1 aromatic heterocycles. The van der Waals surface area contributed by atoms with Crippen LogP contribution in [0.25, 0.3) is 0 Å². The first-order valence-corrected chi connectivity index (χ1v) is 7.00. The lowest BCUT2D eigenvalue weighted by atomic mass is 10.2. The van der Waals surface area contributed by atoms with Crippen LogP contribution in [-0.2, 0) is 11.3 Å². The van der Waals surface area contributed by atoms with E-state index in [0.29, 0.717) is 13.0 Å². The summed E-state index contributed by atoms with van der Waals surface area (Å²) in [7, 11) is 0. The maximum atomic E-state index is 11.8. The number of hydrogen-bond donors (Lipinski definition) is 0. The van der Waals surface area contributed by atoms with E-state index in [0.717, 1.165) is 17.8 Å². The number of rotatable bonds is 3. The molecule has 6 heteroatoms. The van der Waals surface area contributed by atoms with Crippen LogP contribution in [0.1, 0.15) is 12.0 Å². The van der Waals surface area contributed by atoms with Gasteiger partial charge in [0, 0.05) is 23.5 Å². The number of amides is 1. The predicted octanol–water partition coefficient (Wildman–Crippen LogP) is 1.83. The second-order valence-electron chi connectivity index (χ2n) is 4.57. The van der Waals surface area contributed by atoms with Crippen LogP contribution >= 0.6 is 15.9 Å². The van der Waals surface area contributed by atoms with Crippen LogP contribution in [0.5, 0.6) is 0 Å². The summed E-state index contributed by atoms with van der Waals surface area (Å²) in [5.74, 6) is 0.172. The minimum absolute atomic E-state index is 0.172. The van der Waals surface area contributed by atoms with Crippen LogP contribution in [0.3, 0.4) is 0 Å². The predicted molar refractivity (Wildman–Crippen MR) is 75.3 cm³/mol. The Kier molecular flexibility index (Phi) is 3.33. The summed E-state index contributed by atoms with van der Waals surface area (Å²) in [6.45, 7) is 1.43. The molecule has 2 heterocycles. The van der Waals surface area contributed by atoms with Gasteiger partial charge in [-0.2, -0.15) is 5.10 Å². The zero-order chi connectivity index (χ0) is 13.2. The van der Waals surface area contributed by atoms with Crippen molar-refractivity contribution in [2.24, 2.45) is 0 Å². The molecule has 0 saturated carbocycles. The maximum Gasteiger partial charge on any atom is 0.228 e. The number of benzene rings is 1. The quantitative estimate of drug-likeness (QED) is 0.811. The van der Waals surface area contributed by atoms with E-state index in [9.17, 15) is 4.79 Å². The molecule has 1 atom stereocenters. The van der Waals surface area contributed by atoms with Crippen molar-refractivity contribution in [3.05, 3.63) is 42.5 Å². The van der Waals surface area contributed by atoms with Crippen molar-refractivity contribution >= 4 is 27.5 Å². The number of aromatic nitrogens is 3. The van der Waals surface area contributed by atoms with E-state index in [1.165, 1.54) is 6.33 Å². The van der Waals surface area contributed by atoms with Gasteiger partial charge in [0.05, 0.1) is 6.54 Å². The molecule has 1 unspecified atom stereocenters. The van der Waals surface area contributed by atoms with Gasteiger partial charge in [0.15, 0.2) is 0 Å². The second kappa shape index (κ2) is 5.13. The summed E-state index contributed by atoms with van der Waals surface area (Å²) in [5, 5.41) is 4.07. The Bertz CT molecular complexity index is 567. The number of halogens is 1. The van der Waals surface area contributed by atoms with Gasteiger partial charge in [-0.15, -0.1) is 0 Å². The molecule has 0 aliphatic carbocycles. The standard InChI is InChI=1S/C13H13BrN4O/c14-11-5-13(19)18(7-11)12-3-1-10(2-4-12)6-17-9-15-8-16-17/h1-4,8-9,11H,5-7H2. The first-order valence-electron chi connectivity index (χ1n) is 6.08. The average molecular weight is 321 g/mol. The molecule has 0 radical (unpaired) electrons. The van der Waals surface area contributed by atoms with Gasteiger partial charge >= 0.3 is 0 Å². The first-order chi connectivity index (χ1) is 9.22. The van der Waals surface area contributed by atoms with Crippen molar-refractivity contribution in [1.82, 2.24) is 14.8 Å². The van der Waals surface area contributed by atoms with Crippen molar-refractivity contribution in [3.63, 3.8) is 0 Å². The molecule has 98 valence electrons. The van der Waals surface area contributed by atoms with E-state index < -0.39 is 0 Å². The van der Waals surface area contributed by atoms with E-state index in [2.05, 4.69) is 26.0 Å². The molecule has 1 fully saturated rings. The fourth-order valence-corrected chi connectivity index (χ4v) is 2.76. The van der Waals surface area contributed by atoms with Crippen molar-refractivity contribution in [2.45, 2.75) is 17.8 Å². The summed E-state index contributed by atoms with van der Waals surface area (Å²) in [4.78, 5) is 17.8. The SMILES string of the molecule is O=C1CC(Br)CN1c1ccc(Cn2cncn2)cc1. The Labute approximate surface area is 119 Å². The normalized spacial score (nSPS) is 19.1. The molecule has 1 aromatic carbocycles. The van der Waals surface area contributed by atoms with Gasteiger partial charge < -0.3 is 4.90 Å². The molecule has 2 aromatic rings. The lowest BCUT2D eigenvalue weighted by Gasteiger charge is -2.16. The Morgan fingerprint density at radius 2 is 2.11 bits per heavy atom. The van der Waals surface area contributed by atoms with E-state index in [1.807, 2.05) is 29.2 Å². The summed E-state index contributed by atoms with van der Waals surface area (Å²) in [5.41, 5.74) is 2.09. The Morgan fingerprint density at radius 3 is 2.68 bits per heavy atom. The van der Waals surface area contributed by atoms with E-state index >= 15 is 0 Å². The number of hydrogen-bond acceptors (Lipinski definition) is 3. The topological polar surface area (TPSA) is 51.0 Å². The Balaban J connectivity index is 1.74. The van der Waals surface area contributed by atoms with Crippen LogP contribution in [0.15, 0.2) is 36.9 Å². The molecule has 1 saturated heterocycles. The lowest BCUT2D eigenvalue weighted by Crippen LogP contribution is -2.24. The van der Waals surface area contributed by atoms with Gasteiger partial charge in [-0.3, -0.25) is 4.79 Å².